The second-order valence-corrected chi connectivity index (χ2v) is 6.08. The molecule has 0 saturated heterocycles. The third-order valence-corrected chi connectivity index (χ3v) is 4.14. The largest absolute Gasteiger partial charge is 0.335 e. The number of hydrogen-bond donors (Lipinski definition) is 1. The van der Waals surface area contributed by atoms with Crippen LogP contribution in [0, 0.1) is 12.8 Å². The van der Waals surface area contributed by atoms with Crippen LogP contribution in [0.2, 0.25) is 0 Å². The van der Waals surface area contributed by atoms with E-state index in [4.69, 9.17) is 5.73 Å². The van der Waals surface area contributed by atoms with Gasteiger partial charge in [0, 0.05) is 18.6 Å². The van der Waals surface area contributed by atoms with E-state index in [0.29, 0.717) is 6.04 Å². The Kier molecular flexibility index (Phi) is 3.62. The molecule has 1 fully saturated rings. The Labute approximate surface area is 120 Å². The molecular formula is C17H22N2O. The molecule has 0 bridgehead atoms. The van der Waals surface area contributed by atoms with Gasteiger partial charge in [0.15, 0.2) is 0 Å². The molecule has 1 aromatic carbocycles. The van der Waals surface area contributed by atoms with E-state index in [1.165, 1.54) is 11.1 Å². The summed E-state index contributed by atoms with van der Waals surface area (Å²) in [6.07, 6.45) is 6.98. The van der Waals surface area contributed by atoms with Gasteiger partial charge in [-0.3, -0.25) is 4.79 Å². The first-order chi connectivity index (χ1) is 9.63. The second kappa shape index (κ2) is 5.41. The minimum absolute atomic E-state index is 0.0181. The molecule has 2 N–H and O–H groups in total. The highest BCUT2D eigenvalue weighted by molar-refractivity contribution is 5.81. The molecule has 3 heteroatoms. The van der Waals surface area contributed by atoms with Crippen molar-refractivity contribution in [3.63, 3.8) is 0 Å². The van der Waals surface area contributed by atoms with E-state index in [1.54, 1.807) is 0 Å². The van der Waals surface area contributed by atoms with Crippen LogP contribution in [0.15, 0.2) is 36.4 Å². The molecule has 1 amide bonds. The standard InChI is InChI=1S/C17H22N2O/c1-12-3-2-4-13(9-12)11-19(16-7-8-16)17(20)14-5-6-15(18)10-14/h2-6,9,14-16H,7-8,10-11,18H2,1H3. The summed E-state index contributed by atoms with van der Waals surface area (Å²) in [4.78, 5) is 14.7. The van der Waals surface area contributed by atoms with Gasteiger partial charge in [-0.2, -0.15) is 0 Å². The third kappa shape index (κ3) is 2.93. The molecule has 0 heterocycles. The molecular weight excluding hydrogens is 248 g/mol. The van der Waals surface area contributed by atoms with Gasteiger partial charge in [0.1, 0.15) is 0 Å². The van der Waals surface area contributed by atoms with Crippen LogP contribution < -0.4 is 5.73 Å². The number of carbonyl (C=O) groups is 1. The number of amides is 1. The van der Waals surface area contributed by atoms with Crippen LogP contribution >= 0.6 is 0 Å². The zero-order valence-corrected chi connectivity index (χ0v) is 12.0. The molecule has 3 nitrogen and oxygen atoms in total. The molecule has 2 atom stereocenters. The maximum Gasteiger partial charge on any atom is 0.230 e. The summed E-state index contributed by atoms with van der Waals surface area (Å²) in [6.45, 7) is 2.82. The topological polar surface area (TPSA) is 46.3 Å². The van der Waals surface area contributed by atoms with Gasteiger partial charge in [-0.1, -0.05) is 42.0 Å². The molecule has 2 unspecified atom stereocenters. The minimum atomic E-state index is -0.0181. The lowest BCUT2D eigenvalue weighted by molar-refractivity contribution is -0.135. The Hall–Kier alpha value is -1.61. The van der Waals surface area contributed by atoms with E-state index in [2.05, 4.69) is 36.1 Å². The zero-order valence-electron chi connectivity index (χ0n) is 12.0. The van der Waals surface area contributed by atoms with Crippen LogP contribution in [-0.4, -0.2) is 22.9 Å². The number of rotatable bonds is 4. The van der Waals surface area contributed by atoms with Crippen molar-refractivity contribution in [1.29, 1.82) is 0 Å². The Morgan fingerprint density at radius 2 is 2.15 bits per heavy atom. The van der Waals surface area contributed by atoms with Crippen LogP contribution in [0.1, 0.15) is 30.4 Å². The average molecular weight is 270 g/mol. The normalized spacial score (nSPS) is 24.9. The summed E-state index contributed by atoms with van der Waals surface area (Å²) in [6, 6.07) is 8.90. The van der Waals surface area contributed by atoms with Gasteiger partial charge in [-0.15, -0.1) is 0 Å². The molecule has 0 aliphatic heterocycles. The molecule has 0 radical (unpaired) electrons. The number of nitrogens with two attached hydrogens (primary N) is 1. The van der Waals surface area contributed by atoms with Gasteiger partial charge in [0.25, 0.3) is 0 Å². The average Bonchev–Trinajstić information content (AvgIpc) is 3.17. The van der Waals surface area contributed by atoms with Crippen molar-refractivity contribution in [2.45, 2.75) is 44.8 Å². The fourth-order valence-electron chi connectivity index (χ4n) is 2.90. The van der Waals surface area contributed by atoms with Gasteiger partial charge in [0.2, 0.25) is 5.91 Å². The first kappa shape index (κ1) is 13.4. The quantitative estimate of drug-likeness (QED) is 0.854. The van der Waals surface area contributed by atoms with Crippen LogP contribution in [-0.2, 0) is 11.3 Å². The summed E-state index contributed by atoms with van der Waals surface area (Å²) in [5.74, 6) is 0.230. The fourth-order valence-corrected chi connectivity index (χ4v) is 2.90. The molecule has 106 valence electrons. The van der Waals surface area contributed by atoms with E-state index in [0.717, 1.165) is 25.8 Å². The van der Waals surface area contributed by atoms with Gasteiger partial charge >= 0.3 is 0 Å². The highest BCUT2D eigenvalue weighted by Gasteiger charge is 2.36. The lowest BCUT2D eigenvalue weighted by atomic mass is 10.1. The van der Waals surface area contributed by atoms with Gasteiger partial charge < -0.3 is 10.6 Å². The van der Waals surface area contributed by atoms with E-state index in [1.807, 2.05) is 12.2 Å². The van der Waals surface area contributed by atoms with Crippen molar-refractivity contribution < 1.29 is 4.79 Å². The predicted octanol–water partition coefficient (Wildman–Crippen LogP) is 2.39. The minimum Gasteiger partial charge on any atom is -0.335 e. The van der Waals surface area contributed by atoms with Gasteiger partial charge in [0.05, 0.1) is 5.92 Å². The molecule has 1 saturated carbocycles. The summed E-state index contributed by atoms with van der Waals surface area (Å²) in [5.41, 5.74) is 8.33. The number of aryl methyl sites for hydroxylation is 1. The van der Waals surface area contributed by atoms with Crippen LogP contribution in [0.25, 0.3) is 0 Å². The van der Waals surface area contributed by atoms with E-state index >= 15 is 0 Å². The van der Waals surface area contributed by atoms with Crippen molar-refractivity contribution in [3.05, 3.63) is 47.5 Å². The van der Waals surface area contributed by atoms with Crippen LogP contribution in [0.4, 0.5) is 0 Å². The fraction of sp³-hybridized carbons (Fsp3) is 0.471. The van der Waals surface area contributed by atoms with E-state index in [9.17, 15) is 4.79 Å². The highest BCUT2D eigenvalue weighted by Crippen LogP contribution is 2.31. The number of carbonyl (C=O) groups excluding carboxylic acids is 1. The number of benzene rings is 1. The van der Waals surface area contributed by atoms with Crippen molar-refractivity contribution in [2.24, 2.45) is 11.7 Å². The summed E-state index contributed by atoms with van der Waals surface area (Å²) in [5, 5.41) is 0. The third-order valence-electron chi connectivity index (χ3n) is 4.14. The SMILES string of the molecule is Cc1cccc(CN(C(=O)C2C=CC(N)C2)C2CC2)c1. The van der Waals surface area contributed by atoms with Gasteiger partial charge in [-0.05, 0) is 31.7 Å². The van der Waals surface area contributed by atoms with Crippen molar-refractivity contribution in [2.75, 3.05) is 0 Å². The Balaban J connectivity index is 1.73. The zero-order chi connectivity index (χ0) is 14.1. The molecule has 20 heavy (non-hydrogen) atoms. The van der Waals surface area contributed by atoms with Crippen molar-refractivity contribution in [1.82, 2.24) is 4.90 Å². The lowest BCUT2D eigenvalue weighted by Crippen LogP contribution is -2.37. The number of hydrogen-bond acceptors (Lipinski definition) is 2. The van der Waals surface area contributed by atoms with Crippen molar-refractivity contribution >= 4 is 5.91 Å². The first-order valence-electron chi connectivity index (χ1n) is 7.43. The van der Waals surface area contributed by atoms with Crippen LogP contribution in [0.5, 0.6) is 0 Å². The molecule has 0 spiro atoms. The van der Waals surface area contributed by atoms with Crippen LogP contribution in [0.3, 0.4) is 0 Å². The maximum absolute atomic E-state index is 12.7. The second-order valence-electron chi connectivity index (χ2n) is 6.08. The predicted molar refractivity (Wildman–Crippen MR) is 80.0 cm³/mol. The van der Waals surface area contributed by atoms with E-state index in [-0.39, 0.29) is 17.9 Å². The monoisotopic (exact) mass is 270 g/mol. The van der Waals surface area contributed by atoms with Gasteiger partial charge in [-0.25, -0.2) is 0 Å². The van der Waals surface area contributed by atoms with E-state index < -0.39 is 0 Å². The summed E-state index contributed by atoms with van der Waals surface area (Å²) < 4.78 is 0. The lowest BCUT2D eigenvalue weighted by Gasteiger charge is -2.25. The molecule has 2 aliphatic carbocycles. The Morgan fingerprint density at radius 3 is 2.75 bits per heavy atom. The molecule has 3 rings (SSSR count). The Morgan fingerprint density at radius 1 is 1.35 bits per heavy atom. The highest BCUT2D eigenvalue weighted by atomic mass is 16.2. The molecule has 1 aromatic rings. The molecule has 2 aliphatic rings. The summed E-state index contributed by atoms with van der Waals surface area (Å²) >= 11 is 0. The number of nitrogens with zero attached hydrogens (tertiary/aromatic N) is 1. The Bertz CT molecular complexity index is 534. The smallest absolute Gasteiger partial charge is 0.230 e. The summed E-state index contributed by atoms with van der Waals surface area (Å²) in [7, 11) is 0. The maximum atomic E-state index is 12.7. The van der Waals surface area contributed by atoms with Crippen molar-refractivity contribution in [3.8, 4) is 0 Å². The first-order valence-corrected chi connectivity index (χ1v) is 7.43. The molecule has 0 aromatic heterocycles.